The Balaban J connectivity index is 1.54. The van der Waals surface area contributed by atoms with Crippen molar-refractivity contribution in [2.75, 3.05) is 11.9 Å². The van der Waals surface area contributed by atoms with Crippen molar-refractivity contribution in [3.63, 3.8) is 0 Å². The Morgan fingerprint density at radius 3 is 2.48 bits per heavy atom. The van der Waals surface area contributed by atoms with Gasteiger partial charge < -0.3 is 14.6 Å². The zero-order chi connectivity index (χ0) is 19.6. The number of amides is 1. The molecule has 0 saturated heterocycles. The molecule has 3 rings (SSSR count). The van der Waals surface area contributed by atoms with Gasteiger partial charge in [0.1, 0.15) is 0 Å². The molecule has 0 spiro atoms. The van der Waals surface area contributed by atoms with Crippen molar-refractivity contribution in [1.82, 2.24) is 4.57 Å². The van der Waals surface area contributed by atoms with E-state index in [0.29, 0.717) is 6.04 Å². The molecule has 5 nitrogen and oxygen atoms in total. The molecule has 1 fully saturated rings. The highest BCUT2D eigenvalue weighted by atomic mass is 16.5. The van der Waals surface area contributed by atoms with Crippen LogP contribution in [0.25, 0.3) is 6.08 Å². The van der Waals surface area contributed by atoms with Gasteiger partial charge in [0.05, 0.1) is 0 Å². The molecule has 1 aliphatic rings. The van der Waals surface area contributed by atoms with Crippen molar-refractivity contribution in [3.05, 3.63) is 58.4 Å². The van der Waals surface area contributed by atoms with E-state index < -0.39 is 5.97 Å². The van der Waals surface area contributed by atoms with Gasteiger partial charge in [0.15, 0.2) is 6.61 Å². The van der Waals surface area contributed by atoms with Crippen LogP contribution in [0.2, 0.25) is 0 Å². The van der Waals surface area contributed by atoms with E-state index in [-0.39, 0.29) is 12.5 Å². The van der Waals surface area contributed by atoms with E-state index in [2.05, 4.69) is 29.8 Å². The summed E-state index contributed by atoms with van der Waals surface area (Å²) in [7, 11) is 0. The number of ether oxygens (including phenoxy) is 1. The van der Waals surface area contributed by atoms with Gasteiger partial charge in [-0.1, -0.05) is 18.2 Å². The van der Waals surface area contributed by atoms with Crippen LogP contribution in [0.1, 0.15) is 47.0 Å². The van der Waals surface area contributed by atoms with Gasteiger partial charge in [0, 0.05) is 29.2 Å². The Labute approximate surface area is 160 Å². The molecular weight excluding hydrogens is 340 g/mol. The second-order valence-corrected chi connectivity index (χ2v) is 7.18. The summed E-state index contributed by atoms with van der Waals surface area (Å²) in [4.78, 5) is 24.0. The number of anilines is 1. The second-order valence-electron chi connectivity index (χ2n) is 7.18. The molecule has 27 heavy (non-hydrogen) atoms. The molecule has 0 aliphatic heterocycles. The number of aromatic nitrogens is 1. The van der Waals surface area contributed by atoms with Crippen molar-refractivity contribution in [2.24, 2.45) is 0 Å². The maximum absolute atomic E-state index is 12.1. The zero-order valence-corrected chi connectivity index (χ0v) is 16.3. The molecule has 1 heterocycles. The third kappa shape index (κ3) is 4.48. The average Bonchev–Trinajstić information content (AvgIpc) is 3.40. The number of benzene rings is 1. The van der Waals surface area contributed by atoms with Crippen LogP contribution >= 0.6 is 0 Å². The number of hydrogen-bond acceptors (Lipinski definition) is 3. The summed E-state index contributed by atoms with van der Waals surface area (Å²) < 4.78 is 7.39. The summed E-state index contributed by atoms with van der Waals surface area (Å²) in [6, 6.07) is 8.47. The number of carbonyl (C=O) groups excluding carboxylic acids is 2. The summed E-state index contributed by atoms with van der Waals surface area (Å²) in [5, 5.41) is 2.80. The minimum Gasteiger partial charge on any atom is -0.452 e. The first-order chi connectivity index (χ1) is 12.9. The van der Waals surface area contributed by atoms with Crippen molar-refractivity contribution in [2.45, 2.75) is 46.6 Å². The molecule has 0 atom stereocenters. The maximum atomic E-state index is 12.1. The van der Waals surface area contributed by atoms with Gasteiger partial charge in [-0.3, -0.25) is 4.79 Å². The molecule has 1 N–H and O–H groups in total. The van der Waals surface area contributed by atoms with Crippen molar-refractivity contribution < 1.29 is 14.3 Å². The summed E-state index contributed by atoms with van der Waals surface area (Å²) in [6.45, 7) is 7.69. The van der Waals surface area contributed by atoms with E-state index in [1.54, 1.807) is 6.08 Å². The van der Waals surface area contributed by atoms with Crippen LogP contribution in [0.5, 0.6) is 0 Å². The third-order valence-corrected chi connectivity index (χ3v) is 4.93. The van der Waals surface area contributed by atoms with Crippen LogP contribution in [0, 0.1) is 27.7 Å². The van der Waals surface area contributed by atoms with E-state index >= 15 is 0 Å². The highest BCUT2D eigenvalue weighted by Crippen LogP contribution is 2.38. The Morgan fingerprint density at radius 2 is 1.85 bits per heavy atom. The van der Waals surface area contributed by atoms with Crippen molar-refractivity contribution in [1.29, 1.82) is 0 Å². The van der Waals surface area contributed by atoms with Gasteiger partial charge in [0.2, 0.25) is 0 Å². The molecule has 1 saturated carbocycles. The lowest BCUT2D eigenvalue weighted by Gasteiger charge is -2.11. The van der Waals surface area contributed by atoms with Gasteiger partial charge in [-0.2, -0.15) is 0 Å². The van der Waals surface area contributed by atoms with Gasteiger partial charge in [0.25, 0.3) is 5.91 Å². The van der Waals surface area contributed by atoms with Gasteiger partial charge in [-0.05, 0) is 69.4 Å². The van der Waals surface area contributed by atoms with Crippen LogP contribution in [0.4, 0.5) is 5.69 Å². The molecule has 5 heteroatoms. The van der Waals surface area contributed by atoms with E-state index in [1.165, 1.54) is 24.6 Å². The first-order valence-corrected chi connectivity index (χ1v) is 9.26. The summed E-state index contributed by atoms with van der Waals surface area (Å²) in [5.41, 5.74) is 6.09. The number of esters is 1. The summed E-state index contributed by atoms with van der Waals surface area (Å²) in [6.07, 6.45) is 5.58. The first kappa shape index (κ1) is 19.0. The molecule has 1 aromatic carbocycles. The van der Waals surface area contributed by atoms with Gasteiger partial charge >= 0.3 is 5.97 Å². The molecule has 0 unspecified atom stereocenters. The number of para-hydroxylation sites is 1. The highest BCUT2D eigenvalue weighted by Gasteiger charge is 2.26. The fraction of sp³-hybridized carbons (Fsp3) is 0.364. The smallest absolute Gasteiger partial charge is 0.331 e. The monoisotopic (exact) mass is 366 g/mol. The lowest BCUT2D eigenvalue weighted by Crippen LogP contribution is -2.21. The fourth-order valence-electron chi connectivity index (χ4n) is 3.40. The highest BCUT2D eigenvalue weighted by molar-refractivity contribution is 5.95. The van der Waals surface area contributed by atoms with E-state index in [9.17, 15) is 9.59 Å². The van der Waals surface area contributed by atoms with E-state index in [4.69, 9.17) is 4.74 Å². The second kappa shape index (κ2) is 7.82. The number of hydrogen-bond donors (Lipinski definition) is 1. The SMILES string of the molecule is Cc1cccc(C)c1NC(=O)COC(=O)/C=C/c1cc(C)n(C2CC2)c1C. The maximum Gasteiger partial charge on any atom is 0.331 e. The largest absolute Gasteiger partial charge is 0.452 e. The topological polar surface area (TPSA) is 60.3 Å². The predicted octanol–water partition coefficient (Wildman–Crippen LogP) is 4.25. The molecule has 0 radical (unpaired) electrons. The first-order valence-electron chi connectivity index (χ1n) is 9.26. The molecule has 2 aromatic rings. The number of carbonyl (C=O) groups is 2. The third-order valence-electron chi connectivity index (χ3n) is 4.93. The molecule has 0 bridgehead atoms. The van der Waals surface area contributed by atoms with Gasteiger partial charge in [-0.15, -0.1) is 0 Å². The predicted molar refractivity (Wildman–Crippen MR) is 107 cm³/mol. The normalized spacial score (nSPS) is 13.8. The summed E-state index contributed by atoms with van der Waals surface area (Å²) >= 11 is 0. The van der Waals surface area contributed by atoms with Crippen LogP contribution < -0.4 is 5.32 Å². The number of rotatable bonds is 6. The minimum atomic E-state index is -0.525. The van der Waals surface area contributed by atoms with Crippen LogP contribution in [-0.4, -0.2) is 23.1 Å². The van der Waals surface area contributed by atoms with Crippen molar-refractivity contribution >= 4 is 23.6 Å². The minimum absolute atomic E-state index is 0.307. The fourth-order valence-corrected chi connectivity index (χ4v) is 3.40. The molecular formula is C22H26N2O3. The van der Waals surface area contributed by atoms with Crippen LogP contribution in [0.15, 0.2) is 30.3 Å². The standard InChI is InChI=1S/C22H26N2O3/c1-14-6-5-7-15(2)22(14)23-20(25)13-27-21(26)11-8-18-12-16(3)24(17(18)4)19-9-10-19/h5-8,11-12,19H,9-10,13H2,1-4H3,(H,23,25)/b11-8+. The number of nitrogens with one attached hydrogen (secondary N) is 1. The molecule has 1 amide bonds. The summed E-state index contributed by atoms with van der Waals surface area (Å²) in [5.74, 6) is -0.871. The molecule has 142 valence electrons. The lowest BCUT2D eigenvalue weighted by molar-refractivity contribution is -0.142. The Bertz CT molecular complexity index is 884. The zero-order valence-electron chi connectivity index (χ0n) is 16.3. The van der Waals surface area contributed by atoms with Crippen LogP contribution in [0.3, 0.4) is 0 Å². The average molecular weight is 366 g/mol. The lowest BCUT2D eigenvalue weighted by atomic mass is 10.1. The number of aryl methyl sites for hydroxylation is 3. The Morgan fingerprint density at radius 1 is 1.19 bits per heavy atom. The van der Waals surface area contributed by atoms with E-state index in [0.717, 1.165) is 28.1 Å². The van der Waals surface area contributed by atoms with Crippen molar-refractivity contribution in [3.8, 4) is 0 Å². The number of nitrogens with zero attached hydrogens (tertiary/aromatic N) is 1. The van der Waals surface area contributed by atoms with Gasteiger partial charge in [-0.25, -0.2) is 4.79 Å². The Kier molecular flexibility index (Phi) is 5.49. The molecule has 1 aliphatic carbocycles. The quantitative estimate of drug-likeness (QED) is 0.614. The van der Waals surface area contributed by atoms with Crippen LogP contribution in [-0.2, 0) is 14.3 Å². The van der Waals surface area contributed by atoms with E-state index in [1.807, 2.05) is 32.0 Å². The Hall–Kier alpha value is -2.82. The molecule has 1 aromatic heterocycles.